The fraction of sp³-hybridized carbons (Fsp3) is 0. The van der Waals surface area contributed by atoms with Crippen LogP contribution in [0.2, 0.25) is 0 Å². The summed E-state index contributed by atoms with van der Waals surface area (Å²) >= 11 is 0. The van der Waals surface area contributed by atoms with Gasteiger partial charge in [0.15, 0.2) is 29.1 Å². The number of rotatable bonds is 1. The van der Waals surface area contributed by atoms with Crippen molar-refractivity contribution < 1.29 is 39.6 Å². The van der Waals surface area contributed by atoms with Crippen molar-refractivity contribution in [1.29, 1.82) is 0 Å². The molecule has 0 fully saturated rings. The lowest BCUT2D eigenvalue weighted by molar-refractivity contribution is 0.288. The summed E-state index contributed by atoms with van der Waals surface area (Å²) < 4.78 is 117. The lowest BCUT2D eigenvalue weighted by Crippen LogP contribution is -2.06. The van der Waals surface area contributed by atoms with Gasteiger partial charge in [-0.25, -0.2) is 26.3 Å². The molecule has 1 heterocycles. The predicted octanol–water partition coefficient (Wildman–Crippen LogP) is 4.00. The first-order valence-corrected chi connectivity index (χ1v) is 4.63. The molecule has 108 valence electrons. The molecule has 1 aromatic heterocycles. The summed E-state index contributed by atoms with van der Waals surface area (Å²) in [5.74, 6) is -20.3. The zero-order valence-corrected chi connectivity index (χ0v) is 8.85. The van der Waals surface area contributed by atoms with Crippen LogP contribution < -0.4 is 0 Å². The largest absolute Gasteiger partial charge is 0.261 e. The van der Waals surface area contributed by atoms with Crippen molar-refractivity contribution in [1.82, 2.24) is 4.79 Å². The SMILES string of the molecule is Fc1c(F)c(F)c(-c2c(F)c(F)c(F)n2F)c(F)c1F. The summed E-state index contributed by atoms with van der Waals surface area (Å²) in [7, 11) is 0. The van der Waals surface area contributed by atoms with E-state index in [9.17, 15) is 39.6 Å². The van der Waals surface area contributed by atoms with Crippen molar-refractivity contribution in [2.45, 2.75) is 0 Å². The lowest BCUT2D eigenvalue weighted by Gasteiger charge is -2.07. The Morgan fingerprint density at radius 3 is 1.25 bits per heavy atom. The van der Waals surface area contributed by atoms with Crippen molar-refractivity contribution >= 4 is 0 Å². The lowest BCUT2D eigenvalue weighted by atomic mass is 10.1. The molecule has 2 rings (SSSR count). The van der Waals surface area contributed by atoms with Gasteiger partial charge in [0.2, 0.25) is 11.6 Å². The van der Waals surface area contributed by atoms with Crippen LogP contribution >= 0.6 is 0 Å². The van der Waals surface area contributed by atoms with E-state index >= 15 is 0 Å². The summed E-state index contributed by atoms with van der Waals surface area (Å²) in [6.45, 7) is 0. The average Bonchev–Trinajstić information content (AvgIpc) is 2.61. The van der Waals surface area contributed by atoms with Gasteiger partial charge in [0.1, 0.15) is 5.69 Å². The molecule has 1 aromatic carbocycles. The Bertz CT molecular complexity index is 664. The first kappa shape index (κ1) is 14.3. The van der Waals surface area contributed by atoms with Gasteiger partial charge in [0.05, 0.1) is 5.56 Å². The summed E-state index contributed by atoms with van der Waals surface area (Å²) in [5.41, 5.74) is -4.21. The van der Waals surface area contributed by atoms with E-state index in [1.807, 2.05) is 0 Å². The zero-order valence-electron chi connectivity index (χ0n) is 8.85. The maximum absolute atomic E-state index is 13.3. The van der Waals surface area contributed by atoms with Crippen LogP contribution in [0.1, 0.15) is 0 Å². The van der Waals surface area contributed by atoms with Crippen LogP contribution in [-0.2, 0) is 0 Å². The van der Waals surface area contributed by atoms with Crippen LogP contribution in [0.4, 0.5) is 39.6 Å². The van der Waals surface area contributed by atoms with Crippen LogP contribution in [0.15, 0.2) is 0 Å². The molecule has 2 aromatic rings. The Hall–Kier alpha value is -2.13. The van der Waals surface area contributed by atoms with Gasteiger partial charge in [0.25, 0.3) is 5.95 Å². The van der Waals surface area contributed by atoms with Gasteiger partial charge in [-0.1, -0.05) is 4.48 Å². The molecule has 0 N–H and O–H groups in total. The highest BCUT2D eigenvalue weighted by molar-refractivity contribution is 5.63. The van der Waals surface area contributed by atoms with Crippen LogP contribution in [0.25, 0.3) is 11.3 Å². The molecule has 1 nitrogen and oxygen atoms in total. The second kappa shape index (κ2) is 4.46. The van der Waals surface area contributed by atoms with E-state index in [2.05, 4.69) is 0 Å². The minimum Gasteiger partial charge on any atom is -0.203 e. The molecule has 0 amide bonds. The van der Waals surface area contributed by atoms with Gasteiger partial charge in [0, 0.05) is 0 Å². The van der Waals surface area contributed by atoms with Crippen molar-refractivity contribution in [2.75, 3.05) is 0 Å². The van der Waals surface area contributed by atoms with Gasteiger partial charge in [-0.3, -0.25) is 0 Å². The molecule has 0 radical (unpaired) electrons. The van der Waals surface area contributed by atoms with E-state index in [0.29, 0.717) is 0 Å². The Balaban J connectivity index is 2.95. The summed E-state index contributed by atoms with van der Waals surface area (Å²) in [4.78, 5) is -1.50. The highest BCUT2D eigenvalue weighted by Crippen LogP contribution is 2.35. The van der Waals surface area contributed by atoms with E-state index in [1.165, 1.54) is 0 Å². The molecule has 0 unspecified atom stereocenters. The second-order valence-electron chi connectivity index (χ2n) is 3.49. The van der Waals surface area contributed by atoms with Crippen LogP contribution in [0.5, 0.6) is 0 Å². The van der Waals surface area contributed by atoms with Crippen molar-refractivity contribution in [3.63, 3.8) is 0 Å². The van der Waals surface area contributed by atoms with Crippen LogP contribution in [0.3, 0.4) is 0 Å². The number of hydrogen-bond acceptors (Lipinski definition) is 0. The minimum absolute atomic E-state index is 1.50. The van der Waals surface area contributed by atoms with Gasteiger partial charge in [-0.15, -0.1) is 4.79 Å². The monoisotopic (exact) mass is 305 g/mol. The summed E-state index contributed by atoms with van der Waals surface area (Å²) in [6.07, 6.45) is 0. The molecular formula is C10F9N. The van der Waals surface area contributed by atoms with E-state index in [-0.39, 0.29) is 0 Å². The highest BCUT2D eigenvalue weighted by atomic mass is 19.2. The Labute approximate surface area is 103 Å². The van der Waals surface area contributed by atoms with Crippen molar-refractivity contribution in [3.05, 3.63) is 46.7 Å². The molecule has 0 spiro atoms. The molecule has 0 aliphatic rings. The average molecular weight is 305 g/mol. The molecule has 10 heteroatoms. The molecule has 0 aliphatic heterocycles. The van der Waals surface area contributed by atoms with E-state index in [0.717, 1.165) is 0 Å². The first-order chi connectivity index (χ1) is 9.20. The molecule has 20 heavy (non-hydrogen) atoms. The number of benzene rings is 1. The smallest absolute Gasteiger partial charge is 0.203 e. The maximum atomic E-state index is 13.3. The quantitative estimate of drug-likeness (QED) is 0.426. The fourth-order valence-corrected chi connectivity index (χ4v) is 1.49. The van der Waals surface area contributed by atoms with Gasteiger partial charge in [-0.05, 0) is 0 Å². The molecule has 0 aliphatic carbocycles. The van der Waals surface area contributed by atoms with Crippen LogP contribution in [-0.4, -0.2) is 4.79 Å². The molecular weight excluding hydrogens is 305 g/mol. The third kappa shape index (κ3) is 1.67. The molecule has 0 atom stereocenters. The Morgan fingerprint density at radius 1 is 0.500 bits per heavy atom. The summed E-state index contributed by atoms with van der Waals surface area (Å²) in [5, 5.41) is 0. The van der Waals surface area contributed by atoms with Crippen molar-refractivity contribution in [3.8, 4) is 11.3 Å². The number of halogens is 9. The van der Waals surface area contributed by atoms with E-state index in [1.54, 1.807) is 0 Å². The second-order valence-corrected chi connectivity index (χ2v) is 3.49. The van der Waals surface area contributed by atoms with E-state index in [4.69, 9.17) is 0 Å². The molecule has 0 bridgehead atoms. The predicted molar refractivity (Wildman–Crippen MR) is 46.0 cm³/mol. The third-order valence-electron chi connectivity index (χ3n) is 2.40. The maximum Gasteiger partial charge on any atom is 0.261 e. The number of aromatic nitrogens is 1. The van der Waals surface area contributed by atoms with Gasteiger partial charge < -0.3 is 0 Å². The number of nitrogens with zero attached hydrogens (tertiary/aromatic N) is 1. The Morgan fingerprint density at radius 2 is 0.900 bits per heavy atom. The van der Waals surface area contributed by atoms with Gasteiger partial charge >= 0.3 is 0 Å². The Kier molecular flexibility index (Phi) is 3.18. The standard InChI is InChI=1S/C10F9N/c11-2-1(3(12)5(14)6(15)4(2)13)9-7(16)8(17)10(18)20(9)19. The zero-order chi connectivity index (χ0) is 15.4. The highest BCUT2D eigenvalue weighted by Gasteiger charge is 2.34. The fourth-order valence-electron chi connectivity index (χ4n) is 1.49. The van der Waals surface area contributed by atoms with E-state index < -0.39 is 62.7 Å². The van der Waals surface area contributed by atoms with Gasteiger partial charge in [-0.2, -0.15) is 8.78 Å². The summed E-state index contributed by atoms with van der Waals surface area (Å²) in [6, 6.07) is 0. The van der Waals surface area contributed by atoms with Crippen molar-refractivity contribution in [2.24, 2.45) is 0 Å². The third-order valence-corrected chi connectivity index (χ3v) is 2.40. The molecule has 0 saturated heterocycles. The number of hydrogen-bond donors (Lipinski definition) is 0. The normalized spacial score (nSPS) is 11.2. The first-order valence-electron chi connectivity index (χ1n) is 4.63. The van der Waals surface area contributed by atoms with Crippen LogP contribution in [0, 0.1) is 46.7 Å². The minimum atomic E-state index is -2.60. The topological polar surface area (TPSA) is 4.93 Å². The molecule has 0 saturated carbocycles.